The van der Waals surface area contributed by atoms with Gasteiger partial charge in [-0.05, 0) is 29.8 Å². The number of pyridine rings is 1. The maximum Gasteiger partial charge on any atom is 0.295 e. The lowest BCUT2D eigenvalue weighted by atomic mass is 9.95. The molecule has 1 aliphatic heterocycles. The number of benzene rings is 2. The van der Waals surface area contributed by atoms with Crippen LogP contribution in [-0.2, 0) is 16.1 Å². The molecular formula is C23H16ClFN2O3. The van der Waals surface area contributed by atoms with Crippen molar-refractivity contribution in [1.29, 1.82) is 0 Å². The third-order valence-electron chi connectivity index (χ3n) is 4.96. The van der Waals surface area contributed by atoms with Crippen molar-refractivity contribution >= 4 is 29.1 Å². The van der Waals surface area contributed by atoms with Crippen LogP contribution in [0.1, 0.15) is 22.7 Å². The van der Waals surface area contributed by atoms with Crippen LogP contribution in [0.5, 0.6) is 0 Å². The van der Waals surface area contributed by atoms with E-state index in [1.54, 1.807) is 30.6 Å². The molecule has 30 heavy (non-hydrogen) atoms. The fourth-order valence-corrected chi connectivity index (χ4v) is 3.66. The summed E-state index contributed by atoms with van der Waals surface area (Å²) < 4.78 is 14.7. The molecule has 1 amide bonds. The lowest BCUT2D eigenvalue weighted by Gasteiger charge is -2.27. The Kier molecular flexibility index (Phi) is 5.33. The van der Waals surface area contributed by atoms with Gasteiger partial charge in [-0.1, -0.05) is 47.7 Å². The van der Waals surface area contributed by atoms with Gasteiger partial charge in [0.1, 0.15) is 5.82 Å². The minimum atomic E-state index is -1.13. The van der Waals surface area contributed by atoms with Crippen molar-refractivity contribution < 1.29 is 24.1 Å². The third-order valence-corrected chi connectivity index (χ3v) is 5.21. The summed E-state index contributed by atoms with van der Waals surface area (Å²) in [4.78, 5) is 29.9. The van der Waals surface area contributed by atoms with E-state index < -0.39 is 29.3 Å². The normalized spacial score (nSPS) is 18.1. The number of likely N-dealkylation sites (tertiary alicyclic amines) is 1. The zero-order chi connectivity index (χ0) is 21.3. The predicted molar refractivity (Wildman–Crippen MR) is 106 cm³/mol. The van der Waals surface area contributed by atoms with Crippen LogP contribution in [0.25, 0.3) is 5.76 Å². The molecule has 0 radical (unpaired) electrons. The number of hydrogen-bond donors (Lipinski definition) is 0. The van der Waals surface area contributed by atoms with Gasteiger partial charge in [0.15, 0.2) is 12.4 Å². The highest BCUT2D eigenvalue weighted by Crippen LogP contribution is 2.40. The highest BCUT2D eigenvalue weighted by Gasteiger charge is 2.45. The number of Topliss-reactive ketones (excluding diaryl/α,β-unsaturated/α-hetero) is 1. The second kappa shape index (κ2) is 8.08. The maximum atomic E-state index is 14.7. The Hall–Kier alpha value is -3.51. The summed E-state index contributed by atoms with van der Waals surface area (Å²) in [6, 6.07) is 14.2. The van der Waals surface area contributed by atoms with Crippen LogP contribution in [0.4, 0.5) is 4.39 Å². The molecule has 1 unspecified atom stereocenters. The van der Waals surface area contributed by atoms with Gasteiger partial charge in [-0.15, -0.1) is 0 Å². The summed E-state index contributed by atoms with van der Waals surface area (Å²) in [5.74, 6) is -3.00. The molecule has 7 heteroatoms. The number of rotatable bonds is 4. The lowest BCUT2D eigenvalue weighted by Crippen LogP contribution is -2.30. The lowest BCUT2D eigenvalue weighted by molar-refractivity contribution is -0.378. The Morgan fingerprint density at radius 1 is 1.07 bits per heavy atom. The standard InChI is InChI=1S/C23H16ClFN2O3/c24-16-9-7-15(8-10-16)21(28)19-20(17-5-1-2-6-18(17)25)27(23(30)22(19)29)13-14-4-3-11-26-12-14/h1-12,20,28H,13H2/b21-19+. The quantitative estimate of drug-likeness (QED) is 0.368. The number of carbonyl (C=O) groups excluding carboxylic acids is 2. The summed E-state index contributed by atoms with van der Waals surface area (Å²) in [7, 11) is 0. The molecule has 1 atom stereocenters. The van der Waals surface area contributed by atoms with Crippen LogP contribution >= 0.6 is 11.6 Å². The Morgan fingerprint density at radius 3 is 2.47 bits per heavy atom. The zero-order valence-electron chi connectivity index (χ0n) is 15.6. The van der Waals surface area contributed by atoms with E-state index in [1.807, 2.05) is 0 Å². The molecule has 1 saturated heterocycles. The molecule has 0 saturated carbocycles. The Labute approximate surface area is 177 Å². The van der Waals surface area contributed by atoms with E-state index in [-0.39, 0.29) is 23.2 Å². The van der Waals surface area contributed by atoms with Crippen LogP contribution in [-0.4, -0.2) is 16.6 Å². The molecule has 3 aromatic rings. The molecule has 0 bridgehead atoms. The van der Waals surface area contributed by atoms with Crippen LogP contribution in [0.15, 0.2) is 78.6 Å². The third kappa shape index (κ3) is 3.57. The zero-order valence-corrected chi connectivity index (χ0v) is 16.4. The van der Waals surface area contributed by atoms with E-state index in [1.165, 1.54) is 47.4 Å². The van der Waals surface area contributed by atoms with Gasteiger partial charge in [0.2, 0.25) is 5.78 Å². The van der Waals surface area contributed by atoms with Crippen molar-refractivity contribution in [3.63, 3.8) is 0 Å². The number of carbonyl (C=O) groups is 2. The van der Waals surface area contributed by atoms with E-state index >= 15 is 0 Å². The Morgan fingerprint density at radius 2 is 1.80 bits per heavy atom. The van der Waals surface area contributed by atoms with Gasteiger partial charge in [0, 0.05) is 27.8 Å². The summed E-state index contributed by atoms with van der Waals surface area (Å²) in [5.41, 5.74) is 0.730. The van der Waals surface area contributed by atoms with Crippen molar-refractivity contribution in [2.45, 2.75) is 12.6 Å². The second-order valence-electron chi connectivity index (χ2n) is 6.85. The summed E-state index contributed by atoms with van der Waals surface area (Å²) >= 11 is 5.89. The first-order valence-corrected chi connectivity index (χ1v) is 9.57. The number of aromatic nitrogens is 1. The number of ketones is 1. The smallest absolute Gasteiger partial charge is 0.295 e. The fraction of sp³-hybridized carbons (Fsp3) is 0.0870. The van der Waals surface area contributed by atoms with Crippen LogP contribution in [0, 0.1) is 5.82 Å². The van der Waals surface area contributed by atoms with Crippen LogP contribution in [0.2, 0.25) is 5.02 Å². The molecule has 4 rings (SSSR count). The molecule has 1 fully saturated rings. The first-order chi connectivity index (χ1) is 14.5. The van der Waals surface area contributed by atoms with E-state index in [2.05, 4.69) is 4.98 Å². The first-order valence-electron chi connectivity index (χ1n) is 9.19. The predicted octanol–water partition coefficient (Wildman–Crippen LogP) is 2.72. The minimum Gasteiger partial charge on any atom is -0.872 e. The van der Waals surface area contributed by atoms with E-state index in [0.29, 0.717) is 10.6 Å². The van der Waals surface area contributed by atoms with Crippen molar-refractivity contribution in [1.82, 2.24) is 4.90 Å². The second-order valence-corrected chi connectivity index (χ2v) is 7.28. The van der Waals surface area contributed by atoms with Gasteiger partial charge in [0.05, 0.1) is 12.6 Å². The average Bonchev–Trinajstić information content (AvgIpc) is 3.00. The number of hydrogen-bond acceptors (Lipinski definition) is 3. The van der Waals surface area contributed by atoms with Crippen molar-refractivity contribution in [3.8, 4) is 0 Å². The number of H-pyrrole nitrogens is 1. The minimum absolute atomic E-state index is 0.0400. The van der Waals surface area contributed by atoms with Crippen molar-refractivity contribution in [2.75, 3.05) is 0 Å². The van der Waals surface area contributed by atoms with Crippen molar-refractivity contribution in [2.24, 2.45) is 0 Å². The van der Waals surface area contributed by atoms with Gasteiger partial charge in [-0.2, -0.15) is 0 Å². The number of amides is 1. The van der Waals surface area contributed by atoms with Gasteiger partial charge < -0.3 is 10.0 Å². The van der Waals surface area contributed by atoms with Gasteiger partial charge in [-0.3, -0.25) is 9.59 Å². The summed E-state index contributed by atoms with van der Waals surface area (Å²) in [6.07, 6.45) is 3.38. The van der Waals surface area contributed by atoms with Crippen molar-refractivity contribution in [3.05, 3.63) is 106 Å². The highest BCUT2D eigenvalue weighted by molar-refractivity contribution is 6.46. The largest absolute Gasteiger partial charge is 0.872 e. The maximum absolute atomic E-state index is 14.7. The Balaban J connectivity index is 1.88. The molecule has 1 aliphatic rings. The molecule has 150 valence electrons. The molecule has 0 aliphatic carbocycles. The molecule has 1 aromatic heterocycles. The van der Waals surface area contributed by atoms with Crippen LogP contribution < -0.4 is 10.1 Å². The number of nitrogens with zero attached hydrogens (tertiary/aromatic N) is 1. The topological polar surface area (TPSA) is 74.6 Å². The number of halogens is 2. The van der Waals surface area contributed by atoms with Gasteiger partial charge in [-0.25, -0.2) is 9.37 Å². The van der Waals surface area contributed by atoms with Crippen LogP contribution in [0.3, 0.4) is 0 Å². The molecule has 2 aromatic carbocycles. The molecule has 1 N–H and O–H groups in total. The first kappa shape index (κ1) is 19.8. The van der Waals surface area contributed by atoms with E-state index in [4.69, 9.17) is 11.6 Å². The molecular weight excluding hydrogens is 407 g/mol. The number of aromatic amines is 1. The fourth-order valence-electron chi connectivity index (χ4n) is 3.54. The Bertz CT molecular complexity index is 1150. The van der Waals surface area contributed by atoms with E-state index in [0.717, 1.165) is 0 Å². The number of nitrogens with one attached hydrogen (secondary N) is 1. The van der Waals surface area contributed by atoms with Gasteiger partial charge in [0.25, 0.3) is 5.91 Å². The molecule has 2 heterocycles. The summed E-state index contributed by atoms with van der Waals surface area (Å²) in [6.45, 7) is 0.0400. The van der Waals surface area contributed by atoms with Gasteiger partial charge >= 0.3 is 0 Å². The molecule has 0 spiro atoms. The highest BCUT2D eigenvalue weighted by atomic mass is 35.5. The SMILES string of the molecule is O=C1C(=O)N(Cc2ccc[nH+]c2)C(c2ccccc2F)/C1=C(\[O-])c1ccc(Cl)cc1. The molecule has 5 nitrogen and oxygen atoms in total. The summed E-state index contributed by atoms with van der Waals surface area (Å²) in [5, 5.41) is 13.6. The monoisotopic (exact) mass is 422 g/mol. The van der Waals surface area contributed by atoms with E-state index in [9.17, 15) is 19.1 Å². The average molecular weight is 423 g/mol.